The predicted octanol–water partition coefficient (Wildman–Crippen LogP) is 4.62. The molecule has 1 atom stereocenters. The summed E-state index contributed by atoms with van der Waals surface area (Å²) in [5, 5.41) is 2.32. The molecule has 0 aromatic heterocycles. The number of halogens is 1. The largest absolute Gasteiger partial charge is 0.492 e. The van der Waals surface area contributed by atoms with Gasteiger partial charge in [0.2, 0.25) is 0 Å². The maximum Gasteiger partial charge on any atom is 0.119 e. The first-order chi connectivity index (χ1) is 15.1. The molecular formula is C22H33IN4O2S. The third-order valence-corrected chi connectivity index (χ3v) is 3.60. The fraction of sp³-hybridized carbons (Fsp3) is 0.409. The summed E-state index contributed by atoms with van der Waals surface area (Å²) in [5.41, 5.74) is 7.10. The van der Waals surface area contributed by atoms with Crippen molar-refractivity contribution in [1.29, 1.82) is 0 Å². The summed E-state index contributed by atoms with van der Waals surface area (Å²) >= 11 is 6.19. The van der Waals surface area contributed by atoms with E-state index in [0.717, 1.165) is 36.0 Å². The van der Waals surface area contributed by atoms with Gasteiger partial charge in [0.1, 0.15) is 24.7 Å². The maximum absolute atomic E-state index is 6.24. The number of alkyl halides is 1. The fourth-order valence-electron chi connectivity index (χ4n) is 1.93. The minimum atomic E-state index is -0.697. The monoisotopic (exact) mass is 547 g/mol. The quantitative estimate of drug-likeness (QED) is 0.163. The average molecular weight is 548 g/mol. The summed E-state index contributed by atoms with van der Waals surface area (Å²) in [6.07, 6.45) is 0. The fourth-order valence-corrected chi connectivity index (χ4v) is 2.03. The highest BCUT2D eigenvalue weighted by Crippen LogP contribution is 2.17. The summed E-state index contributed by atoms with van der Waals surface area (Å²) in [7, 11) is 8.07. The predicted molar refractivity (Wildman–Crippen MR) is 140 cm³/mol. The van der Waals surface area contributed by atoms with Crippen molar-refractivity contribution in [1.82, 2.24) is 9.80 Å². The lowest BCUT2D eigenvalue weighted by atomic mass is 10.3. The second kappa shape index (κ2) is 18.1. The van der Waals surface area contributed by atoms with Crippen molar-refractivity contribution in [2.75, 3.05) is 65.1 Å². The number of hydrogen-bond acceptors (Lipinski definition) is 7. The standard InChI is InChI=1S/C11H14N2OS.C10H16N2O.CH3I/c1-13(2)7-8-14-11-5-3-10(4-6-11)12-9-15;1-12(2)7-8-13-10-5-3-9(11)4-6-10;1-2/h3-6H,7-8H2,1-2H3;3-6H,7-8,11H2,1-2H3;1H3/i;;1TD. The van der Waals surface area contributed by atoms with E-state index in [9.17, 15) is 0 Å². The number of likely N-dealkylation sites (N-methyl/N-ethyl adjacent to an activating group) is 2. The molecule has 0 aliphatic rings. The summed E-state index contributed by atoms with van der Waals surface area (Å²) in [6.45, 7) is 3.21. The zero-order chi connectivity index (χ0) is 24.4. The van der Waals surface area contributed by atoms with Crippen molar-refractivity contribution in [3.05, 3.63) is 48.5 Å². The molecule has 30 heavy (non-hydrogen) atoms. The van der Waals surface area contributed by atoms with Gasteiger partial charge in [-0.15, -0.1) is 0 Å². The van der Waals surface area contributed by atoms with Crippen LogP contribution in [-0.4, -0.2) is 74.3 Å². The Morgan fingerprint density at radius 2 is 1.40 bits per heavy atom. The van der Waals surface area contributed by atoms with Gasteiger partial charge in [-0.25, -0.2) is 0 Å². The van der Waals surface area contributed by atoms with Gasteiger partial charge >= 0.3 is 0 Å². The Bertz CT molecular complexity index is 770. The highest BCUT2D eigenvalue weighted by Gasteiger charge is 1.95. The molecule has 0 amide bonds. The van der Waals surface area contributed by atoms with Crippen LogP contribution in [0, 0.1) is 0 Å². The molecule has 0 heterocycles. The van der Waals surface area contributed by atoms with Crippen LogP contribution >= 0.6 is 34.8 Å². The van der Waals surface area contributed by atoms with Crippen LogP contribution in [0.2, 0.25) is 0 Å². The van der Waals surface area contributed by atoms with E-state index >= 15 is 0 Å². The number of nitrogens with zero attached hydrogens (tertiary/aromatic N) is 3. The van der Waals surface area contributed by atoms with Crippen LogP contribution in [0.3, 0.4) is 0 Å². The number of aliphatic imine (C=N–C) groups is 1. The van der Waals surface area contributed by atoms with Crippen molar-refractivity contribution < 1.29 is 12.2 Å². The number of ether oxygens (including phenoxy) is 2. The highest BCUT2D eigenvalue weighted by molar-refractivity contribution is 14.1. The Morgan fingerprint density at radius 1 is 1.00 bits per heavy atom. The summed E-state index contributed by atoms with van der Waals surface area (Å²) in [6, 6.07) is 14.9. The summed E-state index contributed by atoms with van der Waals surface area (Å²) in [5.74, 6) is 1.72. The number of nitrogens with two attached hydrogens (primary N) is 1. The number of rotatable bonds is 9. The van der Waals surface area contributed by atoms with Gasteiger partial charge in [0.05, 0.1) is 10.8 Å². The van der Waals surface area contributed by atoms with Gasteiger partial charge in [-0.1, -0.05) is 22.6 Å². The van der Waals surface area contributed by atoms with Gasteiger partial charge in [0.25, 0.3) is 0 Å². The first-order valence-corrected chi connectivity index (χ1v) is 10.9. The third kappa shape index (κ3) is 15.2. The smallest absolute Gasteiger partial charge is 0.119 e. The second-order valence-electron chi connectivity index (χ2n) is 6.57. The maximum atomic E-state index is 6.24. The molecule has 2 rings (SSSR count). The molecule has 1 unspecified atom stereocenters. The van der Waals surface area contributed by atoms with Gasteiger partial charge < -0.3 is 25.0 Å². The van der Waals surface area contributed by atoms with E-state index in [1.165, 1.54) is 0 Å². The molecular weight excluding hydrogens is 511 g/mol. The first kappa shape index (κ1) is 24.6. The molecule has 8 heteroatoms. The molecule has 2 aromatic carbocycles. The van der Waals surface area contributed by atoms with Gasteiger partial charge in [0, 0.05) is 21.5 Å². The van der Waals surface area contributed by atoms with Crippen LogP contribution in [0.15, 0.2) is 53.5 Å². The average Bonchev–Trinajstić information content (AvgIpc) is 2.71. The van der Waals surface area contributed by atoms with E-state index in [0.29, 0.717) is 13.2 Å². The molecule has 0 fully saturated rings. The van der Waals surface area contributed by atoms with Crippen molar-refractivity contribution in [3.8, 4) is 11.5 Å². The third-order valence-electron chi connectivity index (χ3n) is 3.51. The van der Waals surface area contributed by atoms with Crippen LogP contribution in [0.25, 0.3) is 0 Å². The zero-order valence-corrected chi connectivity index (χ0v) is 21.0. The Hall–Kier alpha value is -1.71. The molecule has 166 valence electrons. The van der Waals surface area contributed by atoms with E-state index in [-0.39, 0.29) is 0 Å². The minimum absolute atomic E-state index is 0.683. The van der Waals surface area contributed by atoms with E-state index in [1.54, 1.807) is 22.6 Å². The van der Waals surface area contributed by atoms with Crippen LogP contribution in [0.5, 0.6) is 11.5 Å². The number of anilines is 1. The van der Waals surface area contributed by atoms with Crippen LogP contribution < -0.4 is 15.2 Å². The van der Waals surface area contributed by atoms with Crippen LogP contribution in [0.1, 0.15) is 2.74 Å². The minimum Gasteiger partial charge on any atom is -0.492 e. The second-order valence-corrected chi connectivity index (χ2v) is 6.75. The van der Waals surface area contributed by atoms with Gasteiger partial charge in [0.15, 0.2) is 0 Å². The van der Waals surface area contributed by atoms with Crippen molar-refractivity contribution >= 4 is 51.3 Å². The normalized spacial score (nSPS) is 11.6. The molecule has 0 saturated carbocycles. The molecule has 0 aliphatic carbocycles. The molecule has 0 bridgehead atoms. The van der Waals surface area contributed by atoms with Crippen molar-refractivity contribution in [2.24, 2.45) is 4.99 Å². The number of benzene rings is 2. The number of isothiocyanates is 1. The van der Waals surface area contributed by atoms with Crippen molar-refractivity contribution in [3.63, 3.8) is 0 Å². The molecule has 2 N–H and O–H groups in total. The molecule has 0 radical (unpaired) electrons. The van der Waals surface area contributed by atoms with Gasteiger partial charge in [-0.2, -0.15) is 4.99 Å². The van der Waals surface area contributed by atoms with Crippen molar-refractivity contribution in [2.45, 2.75) is 0 Å². The van der Waals surface area contributed by atoms with E-state index < -0.39 is 4.88 Å². The molecule has 0 spiro atoms. The molecule has 0 saturated heterocycles. The lowest BCUT2D eigenvalue weighted by Gasteiger charge is -2.10. The van der Waals surface area contributed by atoms with Gasteiger partial charge in [-0.3, -0.25) is 0 Å². The molecule has 0 aliphatic heterocycles. The number of nitrogen functional groups attached to an aromatic ring is 1. The van der Waals surface area contributed by atoms with Crippen LogP contribution in [0.4, 0.5) is 11.4 Å². The topological polar surface area (TPSA) is 63.3 Å². The zero-order valence-electron chi connectivity index (χ0n) is 20.0. The summed E-state index contributed by atoms with van der Waals surface area (Å²) < 4.78 is 23.5. The summed E-state index contributed by atoms with van der Waals surface area (Å²) in [4.78, 5) is 7.32. The Balaban J connectivity index is 0.000000519. The lowest BCUT2D eigenvalue weighted by molar-refractivity contribution is 0.261. The molecule has 2 aromatic rings. The van der Waals surface area contributed by atoms with E-state index in [4.69, 9.17) is 17.9 Å². The van der Waals surface area contributed by atoms with Crippen LogP contribution in [-0.2, 0) is 0 Å². The SMILES string of the molecule is CN(C)CCOc1ccc(N)cc1.CN(C)CCOc1ccc(N=C=S)cc1.[2H]C([3H])I. The van der Waals surface area contributed by atoms with E-state index in [1.807, 2.05) is 76.7 Å². The number of thiocarbonyl (C=S) groups is 1. The first-order valence-electron chi connectivity index (χ1n) is 10.4. The molecule has 6 nitrogen and oxygen atoms in total. The lowest BCUT2D eigenvalue weighted by Crippen LogP contribution is -2.19. The number of hydrogen-bond donors (Lipinski definition) is 1. The van der Waals surface area contributed by atoms with Gasteiger partial charge in [-0.05, 0) is 93.8 Å². The highest BCUT2D eigenvalue weighted by atomic mass is 127. The Labute approximate surface area is 203 Å². The van der Waals surface area contributed by atoms with E-state index in [2.05, 4.69) is 32.2 Å². The Morgan fingerprint density at radius 3 is 1.77 bits per heavy atom. The Kier molecular flexibility index (Phi) is 14.8.